The van der Waals surface area contributed by atoms with Crippen molar-refractivity contribution in [2.24, 2.45) is 0 Å². The van der Waals surface area contributed by atoms with Gasteiger partial charge in [-0.15, -0.1) is 0 Å². The lowest BCUT2D eigenvalue weighted by atomic mass is 10.0. The summed E-state index contributed by atoms with van der Waals surface area (Å²) in [4.78, 5) is 11.4. The number of nitrogens with one attached hydrogen (secondary N) is 3. The molecule has 1 aromatic carbocycles. The van der Waals surface area contributed by atoms with Crippen molar-refractivity contribution in [2.45, 2.75) is 12.1 Å². The Bertz CT molecular complexity index is 382. The van der Waals surface area contributed by atoms with E-state index >= 15 is 0 Å². The first-order valence-electron chi connectivity index (χ1n) is 4.81. The molecule has 0 amide bonds. The van der Waals surface area contributed by atoms with Crippen molar-refractivity contribution in [3.63, 3.8) is 0 Å². The summed E-state index contributed by atoms with van der Waals surface area (Å²) in [5.41, 5.74) is 9.07. The van der Waals surface area contributed by atoms with Crippen molar-refractivity contribution in [1.29, 1.82) is 0 Å². The van der Waals surface area contributed by atoms with E-state index in [9.17, 15) is 9.18 Å². The van der Waals surface area contributed by atoms with Crippen LogP contribution in [0.3, 0.4) is 0 Å². The van der Waals surface area contributed by atoms with Gasteiger partial charge in [0.1, 0.15) is 11.9 Å². The number of carbonyl (C=O) groups excluding carboxylic acids is 1. The molecule has 0 aliphatic carbocycles. The highest BCUT2D eigenvalue weighted by Gasteiger charge is 2.34. The minimum Gasteiger partial charge on any atom is -0.468 e. The number of rotatable bonds is 2. The molecule has 1 fully saturated rings. The maximum Gasteiger partial charge on any atom is 0.326 e. The third-order valence-corrected chi connectivity index (χ3v) is 2.47. The minimum atomic E-state index is -0.532. The zero-order valence-corrected chi connectivity index (χ0v) is 8.66. The normalized spacial score (nSPS) is 24.4. The second kappa shape index (κ2) is 4.56. The Balaban J connectivity index is 2.19. The Morgan fingerprint density at radius 2 is 2.00 bits per heavy atom. The van der Waals surface area contributed by atoms with Crippen LogP contribution in [0.4, 0.5) is 4.39 Å². The van der Waals surface area contributed by atoms with Crippen molar-refractivity contribution in [2.75, 3.05) is 7.11 Å². The zero-order valence-electron chi connectivity index (χ0n) is 8.66. The smallest absolute Gasteiger partial charge is 0.326 e. The van der Waals surface area contributed by atoms with E-state index in [-0.39, 0.29) is 17.8 Å². The Labute approximate surface area is 91.9 Å². The van der Waals surface area contributed by atoms with E-state index in [1.54, 1.807) is 12.1 Å². The van der Waals surface area contributed by atoms with Crippen molar-refractivity contribution >= 4 is 5.97 Å². The minimum absolute atomic E-state index is 0.284. The SMILES string of the molecule is COC(=O)C1NNNC1c1ccc(F)cc1. The third-order valence-electron chi connectivity index (χ3n) is 2.47. The van der Waals surface area contributed by atoms with E-state index in [0.29, 0.717) is 0 Å². The van der Waals surface area contributed by atoms with Gasteiger partial charge in [0, 0.05) is 0 Å². The molecule has 0 radical (unpaired) electrons. The van der Waals surface area contributed by atoms with Gasteiger partial charge in [0.25, 0.3) is 0 Å². The number of esters is 1. The van der Waals surface area contributed by atoms with Crippen LogP contribution in [-0.2, 0) is 9.53 Å². The highest BCUT2D eigenvalue weighted by Crippen LogP contribution is 2.19. The molecule has 2 rings (SSSR count). The summed E-state index contributed by atoms with van der Waals surface area (Å²) in [7, 11) is 1.32. The predicted molar refractivity (Wildman–Crippen MR) is 54.4 cm³/mol. The molecule has 1 saturated heterocycles. The maximum absolute atomic E-state index is 12.8. The number of benzene rings is 1. The van der Waals surface area contributed by atoms with Crippen LogP contribution in [0.25, 0.3) is 0 Å². The molecule has 3 N–H and O–H groups in total. The monoisotopic (exact) mass is 225 g/mol. The number of ether oxygens (including phenoxy) is 1. The van der Waals surface area contributed by atoms with Crippen molar-refractivity contribution in [3.8, 4) is 0 Å². The van der Waals surface area contributed by atoms with Gasteiger partial charge in [0.05, 0.1) is 13.2 Å². The molecular formula is C10H12FN3O2. The number of hydrogen-bond acceptors (Lipinski definition) is 5. The number of carbonyl (C=O) groups is 1. The van der Waals surface area contributed by atoms with Crippen LogP contribution >= 0.6 is 0 Å². The molecule has 1 aromatic rings. The van der Waals surface area contributed by atoms with Crippen LogP contribution in [-0.4, -0.2) is 19.1 Å². The molecule has 1 aliphatic heterocycles. The van der Waals surface area contributed by atoms with Crippen molar-refractivity contribution < 1.29 is 13.9 Å². The second-order valence-electron chi connectivity index (χ2n) is 3.44. The molecule has 86 valence electrons. The average Bonchev–Trinajstić information content (AvgIpc) is 2.78. The number of halogens is 1. The van der Waals surface area contributed by atoms with Crippen LogP contribution in [0, 0.1) is 5.82 Å². The topological polar surface area (TPSA) is 62.4 Å². The van der Waals surface area contributed by atoms with Crippen molar-refractivity contribution in [1.82, 2.24) is 16.4 Å². The summed E-state index contributed by atoms with van der Waals surface area (Å²) in [6, 6.07) is 5.13. The van der Waals surface area contributed by atoms with E-state index in [0.717, 1.165) is 5.56 Å². The fourth-order valence-corrected chi connectivity index (χ4v) is 1.63. The summed E-state index contributed by atoms with van der Waals surface area (Å²) >= 11 is 0. The lowest BCUT2D eigenvalue weighted by Crippen LogP contribution is -2.39. The highest BCUT2D eigenvalue weighted by molar-refractivity contribution is 5.77. The van der Waals surface area contributed by atoms with E-state index in [2.05, 4.69) is 21.1 Å². The number of hydrogen-bond donors (Lipinski definition) is 3. The Hall–Kier alpha value is -1.50. The zero-order chi connectivity index (χ0) is 11.5. The molecule has 0 bridgehead atoms. The van der Waals surface area contributed by atoms with Gasteiger partial charge in [-0.2, -0.15) is 5.53 Å². The Kier molecular flexibility index (Phi) is 3.14. The van der Waals surface area contributed by atoms with Crippen LogP contribution in [0.15, 0.2) is 24.3 Å². The largest absolute Gasteiger partial charge is 0.468 e. The molecule has 0 spiro atoms. The Morgan fingerprint density at radius 1 is 1.31 bits per heavy atom. The summed E-state index contributed by atoms with van der Waals surface area (Å²) in [6.45, 7) is 0. The van der Waals surface area contributed by atoms with Gasteiger partial charge in [-0.05, 0) is 17.7 Å². The predicted octanol–water partition coefficient (Wildman–Crippen LogP) is 0.0208. The first-order valence-corrected chi connectivity index (χ1v) is 4.81. The van der Waals surface area contributed by atoms with Gasteiger partial charge < -0.3 is 4.74 Å². The average molecular weight is 225 g/mol. The van der Waals surface area contributed by atoms with Gasteiger partial charge in [-0.1, -0.05) is 12.1 Å². The van der Waals surface area contributed by atoms with Gasteiger partial charge in [0.15, 0.2) is 0 Å². The standard InChI is InChI=1S/C10H12FN3O2/c1-16-10(15)9-8(12-14-13-9)6-2-4-7(11)5-3-6/h2-5,8-9,12-14H,1H3. The molecule has 5 nitrogen and oxygen atoms in total. The molecule has 1 heterocycles. The molecule has 0 aromatic heterocycles. The van der Waals surface area contributed by atoms with E-state index in [4.69, 9.17) is 0 Å². The van der Waals surface area contributed by atoms with Crippen molar-refractivity contribution in [3.05, 3.63) is 35.6 Å². The van der Waals surface area contributed by atoms with Gasteiger partial charge in [0.2, 0.25) is 0 Å². The lowest BCUT2D eigenvalue weighted by molar-refractivity contribution is -0.143. The Morgan fingerprint density at radius 3 is 2.62 bits per heavy atom. The fourth-order valence-electron chi connectivity index (χ4n) is 1.63. The van der Waals surface area contributed by atoms with Crippen LogP contribution in [0.1, 0.15) is 11.6 Å². The quantitative estimate of drug-likeness (QED) is 0.619. The van der Waals surface area contributed by atoms with Gasteiger partial charge >= 0.3 is 5.97 Å². The summed E-state index contributed by atoms with van der Waals surface area (Å²) < 4.78 is 17.4. The molecule has 2 atom stereocenters. The molecule has 6 heteroatoms. The van der Waals surface area contributed by atoms with Gasteiger partial charge in [-0.25, -0.2) is 15.2 Å². The van der Waals surface area contributed by atoms with Crippen LogP contribution in [0.2, 0.25) is 0 Å². The summed E-state index contributed by atoms with van der Waals surface area (Å²) in [5.74, 6) is -0.691. The molecular weight excluding hydrogens is 213 g/mol. The van der Waals surface area contributed by atoms with E-state index < -0.39 is 6.04 Å². The first-order chi connectivity index (χ1) is 7.72. The number of methoxy groups -OCH3 is 1. The summed E-state index contributed by atoms with van der Waals surface area (Å²) in [6.07, 6.45) is 0. The second-order valence-corrected chi connectivity index (χ2v) is 3.44. The maximum atomic E-state index is 12.8. The highest BCUT2D eigenvalue weighted by atomic mass is 19.1. The van der Waals surface area contributed by atoms with Gasteiger partial charge in [-0.3, -0.25) is 4.79 Å². The van der Waals surface area contributed by atoms with E-state index in [1.807, 2.05) is 0 Å². The van der Waals surface area contributed by atoms with E-state index in [1.165, 1.54) is 19.2 Å². The number of hydrazine groups is 2. The fraction of sp³-hybridized carbons (Fsp3) is 0.300. The molecule has 0 saturated carbocycles. The third kappa shape index (κ3) is 2.04. The first kappa shape index (κ1) is 11.0. The van der Waals surface area contributed by atoms with Crippen LogP contribution in [0.5, 0.6) is 0 Å². The molecule has 2 unspecified atom stereocenters. The molecule has 16 heavy (non-hydrogen) atoms. The van der Waals surface area contributed by atoms with Crippen LogP contribution < -0.4 is 16.4 Å². The summed E-state index contributed by atoms with van der Waals surface area (Å²) in [5, 5.41) is 0. The molecule has 1 aliphatic rings. The lowest BCUT2D eigenvalue weighted by Gasteiger charge is -2.15.